The fourth-order valence-corrected chi connectivity index (χ4v) is 2.88. The van der Waals surface area contributed by atoms with E-state index < -0.39 is 0 Å². The molecule has 0 amide bonds. The summed E-state index contributed by atoms with van der Waals surface area (Å²) in [5.74, 6) is 1.84. The minimum atomic E-state index is 0.357. The van der Waals surface area contributed by atoms with Crippen molar-refractivity contribution >= 4 is 38.9 Å². The average Bonchev–Trinajstić information content (AvgIpc) is 2.74. The molecule has 2 heterocycles. The van der Waals surface area contributed by atoms with Crippen LogP contribution in [0.2, 0.25) is 0 Å². The molecule has 102 valence electrons. The van der Waals surface area contributed by atoms with Gasteiger partial charge in [-0.3, -0.25) is 0 Å². The molecule has 7 heteroatoms. The van der Waals surface area contributed by atoms with Crippen LogP contribution in [0.3, 0.4) is 0 Å². The topological polar surface area (TPSA) is 64.3 Å². The maximum atomic E-state index is 5.79. The number of hydrogen-bond donors (Lipinski definition) is 1. The SMILES string of the molecule is COCc1nc(N)cc(N(C)Cc2csc(Br)c2)n1. The minimum absolute atomic E-state index is 0.357. The second kappa shape index (κ2) is 6.31. The van der Waals surface area contributed by atoms with E-state index in [4.69, 9.17) is 10.5 Å². The molecule has 0 fully saturated rings. The van der Waals surface area contributed by atoms with Crippen LogP contribution in [0.25, 0.3) is 0 Å². The third kappa shape index (κ3) is 3.89. The highest BCUT2D eigenvalue weighted by atomic mass is 79.9. The summed E-state index contributed by atoms with van der Waals surface area (Å²) in [6.45, 7) is 1.13. The lowest BCUT2D eigenvalue weighted by Crippen LogP contribution is -2.19. The number of rotatable bonds is 5. The number of nitrogens with two attached hydrogens (primary N) is 1. The minimum Gasteiger partial charge on any atom is -0.384 e. The molecule has 2 aromatic heterocycles. The van der Waals surface area contributed by atoms with Gasteiger partial charge in [0.05, 0.1) is 3.79 Å². The molecule has 0 unspecified atom stereocenters. The number of thiophene rings is 1. The molecule has 0 saturated carbocycles. The zero-order valence-corrected chi connectivity index (χ0v) is 13.2. The lowest BCUT2D eigenvalue weighted by Gasteiger charge is -2.18. The Kier molecular flexibility index (Phi) is 4.73. The molecule has 19 heavy (non-hydrogen) atoms. The summed E-state index contributed by atoms with van der Waals surface area (Å²) in [5.41, 5.74) is 7.01. The van der Waals surface area contributed by atoms with Crippen LogP contribution in [0.4, 0.5) is 11.6 Å². The molecule has 0 spiro atoms. The Morgan fingerprint density at radius 1 is 1.42 bits per heavy atom. The Labute approximate surface area is 124 Å². The summed E-state index contributed by atoms with van der Waals surface area (Å²) < 4.78 is 6.16. The van der Waals surface area contributed by atoms with Crippen LogP contribution in [0.5, 0.6) is 0 Å². The monoisotopic (exact) mass is 342 g/mol. The van der Waals surface area contributed by atoms with Crippen LogP contribution >= 0.6 is 27.3 Å². The first-order valence-corrected chi connectivity index (χ1v) is 7.32. The lowest BCUT2D eigenvalue weighted by molar-refractivity contribution is 0.178. The van der Waals surface area contributed by atoms with E-state index in [0.29, 0.717) is 18.2 Å². The van der Waals surface area contributed by atoms with Gasteiger partial charge in [0.1, 0.15) is 18.2 Å². The molecule has 2 rings (SSSR count). The molecule has 0 aliphatic rings. The highest BCUT2D eigenvalue weighted by Crippen LogP contribution is 2.23. The molecule has 5 nitrogen and oxygen atoms in total. The number of aromatic nitrogens is 2. The van der Waals surface area contributed by atoms with Crippen molar-refractivity contribution in [3.8, 4) is 0 Å². The normalized spacial score (nSPS) is 10.7. The third-order valence-electron chi connectivity index (χ3n) is 2.48. The van der Waals surface area contributed by atoms with Gasteiger partial charge < -0.3 is 15.4 Å². The fraction of sp³-hybridized carbons (Fsp3) is 0.333. The van der Waals surface area contributed by atoms with Crippen LogP contribution in [-0.4, -0.2) is 24.1 Å². The molecule has 0 aromatic carbocycles. The molecular formula is C12H15BrN4OS. The van der Waals surface area contributed by atoms with E-state index in [1.54, 1.807) is 24.5 Å². The molecule has 2 aromatic rings. The predicted octanol–water partition coefficient (Wildman–Crippen LogP) is 2.67. The first kappa shape index (κ1) is 14.2. The van der Waals surface area contributed by atoms with E-state index in [1.165, 1.54) is 5.56 Å². The maximum Gasteiger partial charge on any atom is 0.158 e. The molecule has 2 N–H and O–H groups in total. The smallest absolute Gasteiger partial charge is 0.158 e. The number of nitrogens with zero attached hydrogens (tertiary/aromatic N) is 3. The predicted molar refractivity (Wildman–Crippen MR) is 81.3 cm³/mol. The van der Waals surface area contributed by atoms with Gasteiger partial charge in [-0.2, -0.15) is 0 Å². The van der Waals surface area contributed by atoms with Crippen LogP contribution in [0.1, 0.15) is 11.4 Å². The van der Waals surface area contributed by atoms with Gasteiger partial charge >= 0.3 is 0 Å². The summed E-state index contributed by atoms with van der Waals surface area (Å²) in [6.07, 6.45) is 0. The van der Waals surface area contributed by atoms with Gasteiger partial charge in [0.25, 0.3) is 0 Å². The van der Waals surface area contributed by atoms with E-state index in [1.807, 2.05) is 11.9 Å². The third-order valence-corrected chi connectivity index (χ3v) is 4.04. The average molecular weight is 343 g/mol. The maximum absolute atomic E-state index is 5.79. The zero-order valence-electron chi connectivity index (χ0n) is 10.8. The van der Waals surface area contributed by atoms with E-state index in [2.05, 4.69) is 37.3 Å². The Morgan fingerprint density at radius 3 is 2.84 bits per heavy atom. The number of anilines is 2. The quantitative estimate of drug-likeness (QED) is 0.904. The van der Waals surface area contributed by atoms with E-state index >= 15 is 0 Å². The van der Waals surface area contributed by atoms with E-state index in [-0.39, 0.29) is 0 Å². The van der Waals surface area contributed by atoms with Crippen LogP contribution in [0, 0.1) is 0 Å². The number of methoxy groups -OCH3 is 1. The van der Waals surface area contributed by atoms with E-state index in [9.17, 15) is 0 Å². The van der Waals surface area contributed by atoms with Crippen molar-refractivity contribution in [2.45, 2.75) is 13.2 Å². The molecule has 0 aliphatic heterocycles. The number of ether oxygens (including phenoxy) is 1. The largest absolute Gasteiger partial charge is 0.384 e. The van der Waals surface area contributed by atoms with Crippen molar-refractivity contribution in [2.75, 3.05) is 24.8 Å². The Balaban J connectivity index is 2.15. The Bertz CT molecular complexity index is 560. The molecule has 0 radical (unpaired) electrons. The Morgan fingerprint density at radius 2 is 2.21 bits per heavy atom. The van der Waals surface area contributed by atoms with Crippen molar-refractivity contribution in [2.24, 2.45) is 0 Å². The molecule has 0 saturated heterocycles. The van der Waals surface area contributed by atoms with Crippen molar-refractivity contribution in [3.05, 3.63) is 32.7 Å². The molecule has 0 bridgehead atoms. The van der Waals surface area contributed by atoms with E-state index in [0.717, 1.165) is 16.1 Å². The van der Waals surface area contributed by atoms with Gasteiger partial charge in [0.15, 0.2) is 5.82 Å². The highest BCUT2D eigenvalue weighted by Gasteiger charge is 2.08. The molecule has 0 atom stereocenters. The van der Waals surface area contributed by atoms with Gasteiger partial charge in [0, 0.05) is 26.8 Å². The van der Waals surface area contributed by atoms with Gasteiger partial charge in [0.2, 0.25) is 0 Å². The van der Waals surface area contributed by atoms with Crippen molar-refractivity contribution in [1.29, 1.82) is 0 Å². The summed E-state index contributed by atoms with van der Waals surface area (Å²) >= 11 is 5.13. The van der Waals surface area contributed by atoms with Gasteiger partial charge in [-0.15, -0.1) is 11.3 Å². The number of hydrogen-bond acceptors (Lipinski definition) is 6. The summed E-state index contributed by atoms with van der Waals surface area (Å²) in [4.78, 5) is 10.6. The van der Waals surface area contributed by atoms with Gasteiger partial charge in [-0.05, 0) is 32.9 Å². The number of nitrogen functional groups attached to an aromatic ring is 1. The van der Waals surface area contributed by atoms with Crippen LogP contribution in [0.15, 0.2) is 21.3 Å². The summed E-state index contributed by atoms with van der Waals surface area (Å²) in [7, 11) is 3.59. The van der Waals surface area contributed by atoms with Crippen molar-refractivity contribution in [3.63, 3.8) is 0 Å². The van der Waals surface area contributed by atoms with Crippen molar-refractivity contribution in [1.82, 2.24) is 9.97 Å². The lowest BCUT2D eigenvalue weighted by atomic mass is 10.3. The second-order valence-corrected chi connectivity index (χ2v) is 6.41. The van der Waals surface area contributed by atoms with Gasteiger partial charge in [-0.25, -0.2) is 9.97 Å². The first-order chi connectivity index (χ1) is 9.08. The molecule has 0 aliphatic carbocycles. The fourth-order valence-electron chi connectivity index (χ4n) is 1.68. The highest BCUT2D eigenvalue weighted by molar-refractivity contribution is 9.11. The first-order valence-electron chi connectivity index (χ1n) is 5.65. The summed E-state index contributed by atoms with van der Waals surface area (Å²) in [5, 5.41) is 2.11. The summed E-state index contributed by atoms with van der Waals surface area (Å²) in [6, 6.07) is 3.86. The second-order valence-electron chi connectivity index (χ2n) is 4.12. The number of halogens is 1. The zero-order chi connectivity index (χ0) is 13.8. The van der Waals surface area contributed by atoms with Gasteiger partial charge in [-0.1, -0.05) is 0 Å². The Hall–Kier alpha value is -1.18. The van der Waals surface area contributed by atoms with Crippen LogP contribution < -0.4 is 10.6 Å². The van der Waals surface area contributed by atoms with Crippen LogP contribution in [-0.2, 0) is 17.9 Å². The molecular weight excluding hydrogens is 328 g/mol. The standard InChI is InChI=1S/C12H15BrN4OS/c1-17(5-8-3-9(13)19-7-8)12-4-10(14)15-11(16-12)6-18-2/h3-4,7H,5-6H2,1-2H3,(H2,14,15,16). The van der Waals surface area contributed by atoms with Crippen molar-refractivity contribution < 1.29 is 4.74 Å².